The Bertz CT molecular complexity index is 1620. The molecule has 1 N–H and O–H groups in total. The van der Waals surface area contributed by atoms with Gasteiger partial charge in [-0.2, -0.15) is 15.2 Å². The first-order chi connectivity index (χ1) is 21.5. The van der Waals surface area contributed by atoms with Gasteiger partial charge < -0.3 is 29.3 Å². The van der Waals surface area contributed by atoms with Crippen LogP contribution >= 0.6 is 0 Å². The third kappa shape index (κ3) is 5.29. The van der Waals surface area contributed by atoms with Gasteiger partial charge in [0.25, 0.3) is 0 Å². The molecule has 0 radical (unpaired) electrons. The molecule has 3 aromatic rings. The molecule has 3 fully saturated rings. The number of carbonyl (C=O) groups excluding carboxylic acids is 1. The van der Waals surface area contributed by atoms with E-state index < -0.39 is 0 Å². The lowest BCUT2D eigenvalue weighted by atomic mass is 9.95. The van der Waals surface area contributed by atoms with Crippen molar-refractivity contribution in [2.45, 2.75) is 44.0 Å². The average molecular weight is 596 g/mol. The number of phenolic OH excluding ortho intramolecular Hbond substituents is 1. The molecule has 1 amide bonds. The first-order valence-corrected chi connectivity index (χ1v) is 15.4. The minimum absolute atomic E-state index is 0.158. The van der Waals surface area contributed by atoms with Crippen LogP contribution in [0, 0.1) is 11.3 Å². The van der Waals surface area contributed by atoms with Gasteiger partial charge in [0.2, 0.25) is 5.91 Å². The quantitative estimate of drug-likeness (QED) is 0.292. The summed E-state index contributed by atoms with van der Waals surface area (Å²) >= 11 is 0. The number of aromatic nitrogens is 2. The number of hydrogen-bond donors (Lipinski definition) is 1. The predicted octanol–water partition coefficient (Wildman–Crippen LogP) is 2.87. The number of likely N-dealkylation sites (tertiary alicyclic amines) is 1. The Balaban J connectivity index is 1.16. The minimum Gasteiger partial charge on any atom is -0.508 e. The van der Waals surface area contributed by atoms with Crippen LogP contribution in [0.1, 0.15) is 24.1 Å². The molecule has 3 saturated heterocycles. The fourth-order valence-electron chi connectivity index (χ4n) is 6.94. The first-order valence-electron chi connectivity index (χ1n) is 15.4. The minimum atomic E-state index is -0.260. The van der Waals surface area contributed by atoms with Gasteiger partial charge in [-0.3, -0.25) is 9.69 Å². The van der Waals surface area contributed by atoms with Gasteiger partial charge in [0, 0.05) is 62.0 Å². The second-order valence-electron chi connectivity index (χ2n) is 11.9. The van der Waals surface area contributed by atoms with Crippen molar-refractivity contribution < 1.29 is 19.4 Å². The summed E-state index contributed by atoms with van der Waals surface area (Å²) in [7, 11) is 0. The highest BCUT2D eigenvalue weighted by molar-refractivity contribution is 5.95. The van der Waals surface area contributed by atoms with E-state index in [4.69, 9.17) is 19.4 Å². The summed E-state index contributed by atoms with van der Waals surface area (Å²) in [6.45, 7) is 9.77. The molecule has 2 unspecified atom stereocenters. The molecule has 0 spiro atoms. The maximum atomic E-state index is 12.5. The summed E-state index contributed by atoms with van der Waals surface area (Å²) in [5, 5.41) is 22.1. The molecule has 0 saturated carbocycles. The first kappa shape index (κ1) is 28.4. The van der Waals surface area contributed by atoms with Crippen LogP contribution in [-0.4, -0.2) is 101 Å². The number of aromatic hydroxyl groups is 1. The Morgan fingerprint density at radius 3 is 2.84 bits per heavy atom. The van der Waals surface area contributed by atoms with Crippen LogP contribution in [0.2, 0.25) is 0 Å². The fourth-order valence-corrected chi connectivity index (χ4v) is 6.94. The van der Waals surface area contributed by atoms with E-state index in [9.17, 15) is 15.2 Å². The molecule has 7 rings (SSSR count). The van der Waals surface area contributed by atoms with Crippen LogP contribution in [0.4, 0.5) is 11.5 Å². The van der Waals surface area contributed by atoms with E-state index in [1.54, 1.807) is 11.0 Å². The SMILES string of the molecule is C=CC(=O)N1CCN(c2nc(OCCCN3C[C@H]4OCC43)nc3c2CCN(c2cc(O)cc4ccccc24)C3)CC1CC#N. The number of piperazine rings is 1. The lowest BCUT2D eigenvalue weighted by Crippen LogP contribution is -2.70. The van der Waals surface area contributed by atoms with Gasteiger partial charge in [-0.15, -0.1) is 0 Å². The Kier molecular flexibility index (Phi) is 7.70. The standard InChI is InChI=1S/C33H37N7O4/c1-2-31(42)40-14-13-39(18-23(40)8-10-34)32-26-9-12-38(28-17-24(41)16-22-6-3-4-7-25(22)28)19-27(26)35-33(36-32)43-15-5-11-37-20-30-29(37)21-44-30/h2-4,6-7,16-17,23,29-30,41H,1,5,8-9,11-15,18-21H2/t23?,29?,30-/m1/s1. The molecule has 1 aromatic heterocycles. The van der Waals surface area contributed by atoms with Crippen molar-refractivity contribution in [3.8, 4) is 17.8 Å². The molecule has 11 heteroatoms. The van der Waals surface area contributed by atoms with Gasteiger partial charge in [0.05, 0.1) is 56.1 Å². The third-order valence-corrected chi connectivity index (χ3v) is 9.37. The summed E-state index contributed by atoms with van der Waals surface area (Å²) in [5.41, 5.74) is 2.92. The number of morpholine rings is 1. The largest absolute Gasteiger partial charge is 0.508 e. The maximum Gasteiger partial charge on any atom is 0.318 e. The van der Waals surface area contributed by atoms with E-state index in [-0.39, 0.29) is 24.1 Å². The zero-order valence-electron chi connectivity index (χ0n) is 24.8. The average Bonchev–Trinajstić information content (AvgIpc) is 3.03. The van der Waals surface area contributed by atoms with E-state index >= 15 is 0 Å². The number of phenols is 1. The molecule has 4 aliphatic rings. The molecule has 11 nitrogen and oxygen atoms in total. The predicted molar refractivity (Wildman–Crippen MR) is 166 cm³/mol. The number of rotatable bonds is 9. The second kappa shape index (κ2) is 11.9. The summed E-state index contributed by atoms with van der Waals surface area (Å²) in [6.07, 6.45) is 3.54. The Labute approximate surface area is 256 Å². The molecule has 2 aromatic carbocycles. The van der Waals surface area contributed by atoms with Crippen molar-refractivity contribution in [1.82, 2.24) is 19.8 Å². The number of carbonyl (C=O) groups is 1. The van der Waals surface area contributed by atoms with E-state index in [0.29, 0.717) is 57.4 Å². The number of nitriles is 1. The van der Waals surface area contributed by atoms with Crippen molar-refractivity contribution in [1.29, 1.82) is 5.26 Å². The molecular weight excluding hydrogens is 558 g/mol. The van der Waals surface area contributed by atoms with E-state index in [1.807, 2.05) is 24.3 Å². The summed E-state index contributed by atoms with van der Waals surface area (Å²) in [5.74, 6) is 0.889. The van der Waals surface area contributed by atoms with Crippen LogP contribution < -0.4 is 14.5 Å². The summed E-state index contributed by atoms with van der Waals surface area (Å²) in [4.78, 5) is 31.0. The Morgan fingerprint density at radius 1 is 1.18 bits per heavy atom. The van der Waals surface area contributed by atoms with Crippen molar-refractivity contribution in [3.05, 3.63) is 60.3 Å². The summed E-state index contributed by atoms with van der Waals surface area (Å²) in [6, 6.07) is 14.6. The van der Waals surface area contributed by atoms with Crippen molar-refractivity contribution >= 4 is 28.2 Å². The van der Waals surface area contributed by atoms with Crippen molar-refractivity contribution in [3.63, 3.8) is 0 Å². The lowest BCUT2D eigenvalue weighted by Gasteiger charge is -2.55. The molecular formula is C33H37N7O4. The highest BCUT2D eigenvalue weighted by Crippen LogP contribution is 2.37. The molecule has 4 aliphatic heterocycles. The number of benzene rings is 2. The second-order valence-corrected chi connectivity index (χ2v) is 11.9. The van der Waals surface area contributed by atoms with Crippen molar-refractivity contribution in [2.75, 3.05) is 62.3 Å². The smallest absolute Gasteiger partial charge is 0.318 e. The molecule has 0 bridgehead atoms. The number of anilines is 2. The van der Waals surface area contributed by atoms with Gasteiger partial charge in [-0.05, 0) is 30.4 Å². The fraction of sp³-hybridized carbons (Fsp3) is 0.455. The summed E-state index contributed by atoms with van der Waals surface area (Å²) < 4.78 is 11.7. The van der Waals surface area contributed by atoms with Crippen molar-refractivity contribution in [2.24, 2.45) is 0 Å². The van der Waals surface area contributed by atoms with E-state index in [0.717, 1.165) is 66.2 Å². The highest BCUT2D eigenvalue weighted by atomic mass is 16.5. The molecule has 228 valence electrons. The van der Waals surface area contributed by atoms with Crippen LogP contribution in [0.25, 0.3) is 10.8 Å². The monoisotopic (exact) mass is 595 g/mol. The van der Waals surface area contributed by atoms with Crippen LogP contribution in [0.5, 0.6) is 11.8 Å². The van der Waals surface area contributed by atoms with Gasteiger partial charge in [-0.1, -0.05) is 30.8 Å². The van der Waals surface area contributed by atoms with Gasteiger partial charge in [0.1, 0.15) is 11.6 Å². The topological polar surface area (TPSA) is 118 Å². The molecule has 44 heavy (non-hydrogen) atoms. The number of amides is 1. The normalized spacial score (nSPS) is 22.8. The third-order valence-electron chi connectivity index (χ3n) is 9.37. The Morgan fingerprint density at radius 2 is 2.07 bits per heavy atom. The van der Waals surface area contributed by atoms with Crippen LogP contribution in [0.3, 0.4) is 0 Å². The molecule has 3 atom stereocenters. The van der Waals surface area contributed by atoms with Gasteiger partial charge >= 0.3 is 6.01 Å². The lowest BCUT2D eigenvalue weighted by molar-refractivity contribution is -0.214. The number of ether oxygens (including phenoxy) is 2. The highest BCUT2D eigenvalue weighted by Gasteiger charge is 2.46. The van der Waals surface area contributed by atoms with E-state index in [2.05, 4.69) is 33.4 Å². The zero-order valence-corrected chi connectivity index (χ0v) is 24.8. The van der Waals surface area contributed by atoms with E-state index in [1.165, 1.54) is 6.08 Å². The molecule has 0 aliphatic carbocycles. The zero-order chi connectivity index (χ0) is 30.2. The van der Waals surface area contributed by atoms with Gasteiger partial charge in [-0.25, -0.2) is 0 Å². The van der Waals surface area contributed by atoms with Crippen LogP contribution in [0.15, 0.2) is 49.1 Å². The number of hydrogen-bond acceptors (Lipinski definition) is 10. The Hall–Kier alpha value is -4.40. The number of fused-ring (bicyclic) bond motifs is 3. The molecule has 5 heterocycles. The van der Waals surface area contributed by atoms with Crippen LogP contribution in [-0.2, 0) is 22.5 Å². The number of nitrogens with zero attached hydrogens (tertiary/aromatic N) is 7. The van der Waals surface area contributed by atoms with Gasteiger partial charge in [0.15, 0.2) is 0 Å². The maximum absolute atomic E-state index is 12.5.